The van der Waals surface area contributed by atoms with Gasteiger partial charge in [0.25, 0.3) is 5.91 Å². The van der Waals surface area contributed by atoms with Crippen molar-refractivity contribution in [3.63, 3.8) is 0 Å². The molecule has 9 heteroatoms. The van der Waals surface area contributed by atoms with Gasteiger partial charge in [0.15, 0.2) is 6.29 Å². The van der Waals surface area contributed by atoms with Crippen LogP contribution in [0.25, 0.3) is 11.0 Å². The van der Waals surface area contributed by atoms with Gasteiger partial charge in [0.1, 0.15) is 23.0 Å². The highest BCUT2D eigenvalue weighted by Crippen LogP contribution is 2.41. The van der Waals surface area contributed by atoms with Crippen LogP contribution in [0.1, 0.15) is 16.1 Å². The maximum atomic E-state index is 14.2. The summed E-state index contributed by atoms with van der Waals surface area (Å²) in [5, 5.41) is 13.1. The normalized spacial score (nSPS) is 14.6. The Balaban J connectivity index is 1.48. The average Bonchev–Trinajstić information content (AvgIpc) is 3.34. The fourth-order valence-electron chi connectivity index (χ4n) is 3.68. The van der Waals surface area contributed by atoms with E-state index in [2.05, 4.69) is 21.3 Å². The van der Waals surface area contributed by atoms with E-state index in [0.717, 1.165) is 0 Å². The third-order valence-electron chi connectivity index (χ3n) is 5.11. The molecule has 1 atom stereocenters. The Hall–Kier alpha value is -3.78. The van der Waals surface area contributed by atoms with Gasteiger partial charge in [0.2, 0.25) is 0 Å². The zero-order valence-corrected chi connectivity index (χ0v) is 17.5. The summed E-state index contributed by atoms with van der Waals surface area (Å²) < 4.78 is 33.2. The molecule has 1 unspecified atom stereocenters. The fraction of sp³-hybridized carbons (Fsp3) is 0.0870. The molecule has 1 aliphatic rings. The molecule has 0 bridgehead atoms. The lowest BCUT2D eigenvalue weighted by molar-refractivity contribution is 0.102. The minimum absolute atomic E-state index is 0.154. The van der Waals surface area contributed by atoms with Crippen molar-refractivity contribution in [2.75, 3.05) is 21.3 Å². The number of nitrogens with one attached hydrogen (secondary N) is 4. The van der Waals surface area contributed by atoms with Gasteiger partial charge < -0.3 is 25.7 Å². The average molecular weight is 455 g/mol. The molecule has 0 saturated carbocycles. The molecule has 162 valence electrons. The number of halogens is 3. The van der Waals surface area contributed by atoms with Crippen molar-refractivity contribution in [3.8, 4) is 0 Å². The molecule has 0 radical (unpaired) electrons. The molecule has 0 spiro atoms. The molecular formula is C23H17ClF2N4O2. The molecule has 5 rings (SSSR count). The molecule has 4 N–H and O–H groups in total. The zero-order chi connectivity index (χ0) is 22.4. The van der Waals surface area contributed by atoms with Crippen LogP contribution in [0.4, 0.5) is 31.5 Å². The Bertz CT molecular complexity index is 1330. The topological polar surface area (TPSA) is 78.3 Å². The van der Waals surface area contributed by atoms with E-state index in [9.17, 15) is 13.6 Å². The molecule has 0 fully saturated rings. The van der Waals surface area contributed by atoms with E-state index in [0.29, 0.717) is 39.4 Å². The third-order valence-corrected chi connectivity index (χ3v) is 5.43. The Labute approximate surface area is 186 Å². The van der Waals surface area contributed by atoms with Gasteiger partial charge in [-0.3, -0.25) is 4.79 Å². The largest absolute Gasteiger partial charge is 0.460 e. The van der Waals surface area contributed by atoms with Crippen LogP contribution in [0.5, 0.6) is 0 Å². The molecule has 1 amide bonds. The number of aryl methyl sites for hydroxylation is 1. The van der Waals surface area contributed by atoms with Gasteiger partial charge >= 0.3 is 0 Å². The number of fused-ring (bicyclic) bond motifs is 3. The van der Waals surface area contributed by atoms with Crippen molar-refractivity contribution in [2.24, 2.45) is 0 Å². The van der Waals surface area contributed by atoms with Gasteiger partial charge in [-0.15, -0.1) is 0 Å². The van der Waals surface area contributed by atoms with E-state index < -0.39 is 23.8 Å². The number of rotatable bonds is 4. The van der Waals surface area contributed by atoms with Crippen molar-refractivity contribution in [1.82, 2.24) is 0 Å². The smallest absolute Gasteiger partial charge is 0.259 e. The zero-order valence-electron chi connectivity index (χ0n) is 16.7. The first kappa shape index (κ1) is 20.1. The minimum atomic E-state index is -0.576. The number of anilines is 4. The third kappa shape index (κ3) is 3.58. The Morgan fingerprint density at radius 3 is 2.62 bits per heavy atom. The van der Waals surface area contributed by atoms with Gasteiger partial charge in [0, 0.05) is 11.1 Å². The molecule has 2 heterocycles. The number of carbonyl (C=O) groups excluding carboxylic acids is 1. The Kier molecular flexibility index (Phi) is 4.86. The summed E-state index contributed by atoms with van der Waals surface area (Å²) in [5.41, 5.74) is 2.65. The predicted molar refractivity (Wildman–Crippen MR) is 121 cm³/mol. The second-order valence-corrected chi connectivity index (χ2v) is 7.78. The summed E-state index contributed by atoms with van der Waals surface area (Å²) in [4.78, 5) is 13.0. The molecular weight excluding hydrogens is 438 g/mol. The van der Waals surface area contributed by atoms with Crippen LogP contribution in [0.2, 0.25) is 5.02 Å². The maximum absolute atomic E-state index is 14.2. The summed E-state index contributed by atoms with van der Waals surface area (Å²) in [7, 11) is 0. The molecule has 0 aliphatic carbocycles. The quantitative estimate of drug-likeness (QED) is 0.297. The van der Waals surface area contributed by atoms with E-state index in [1.54, 1.807) is 19.1 Å². The number of hydrogen-bond acceptors (Lipinski definition) is 5. The predicted octanol–water partition coefficient (Wildman–Crippen LogP) is 6.16. The first-order valence-electron chi connectivity index (χ1n) is 9.77. The molecule has 4 aromatic rings. The van der Waals surface area contributed by atoms with Crippen molar-refractivity contribution in [2.45, 2.75) is 13.2 Å². The first-order valence-corrected chi connectivity index (χ1v) is 10.1. The number of amides is 1. The van der Waals surface area contributed by atoms with Crippen molar-refractivity contribution >= 4 is 51.2 Å². The summed E-state index contributed by atoms with van der Waals surface area (Å²) >= 11 is 6.12. The van der Waals surface area contributed by atoms with Crippen molar-refractivity contribution in [3.05, 3.63) is 82.6 Å². The number of hydrogen-bond donors (Lipinski definition) is 4. The molecule has 32 heavy (non-hydrogen) atoms. The van der Waals surface area contributed by atoms with E-state index in [1.807, 2.05) is 6.07 Å². The SMILES string of the molecule is Cc1cc2c3c(cc(C(=O)Nc4ccc(F)cc4)c2o1)NC(Nc1c(F)cccc1Cl)N3. The lowest BCUT2D eigenvalue weighted by Gasteiger charge is -2.17. The van der Waals surface area contributed by atoms with E-state index in [-0.39, 0.29) is 10.7 Å². The maximum Gasteiger partial charge on any atom is 0.259 e. The fourth-order valence-corrected chi connectivity index (χ4v) is 3.90. The first-order chi connectivity index (χ1) is 15.4. The summed E-state index contributed by atoms with van der Waals surface area (Å²) in [6.07, 6.45) is -0.576. The summed E-state index contributed by atoms with van der Waals surface area (Å²) in [5.74, 6) is -0.664. The van der Waals surface area contributed by atoms with Crippen LogP contribution >= 0.6 is 11.6 Å². The van der Waals surface area contributed by atoms with E-state index in [1.165, 1.54) is 36.4 Å². The lowest BCUT2D eigenvalue weighted by atomic mass is 10.1. The monoisotopic (exact) mass is 454 g/mol. The number of para-hydroxylation sites is 1. The highest BCUT2D eigenvalue weighted by Gasteiger charge is 2.28. The van der Waals surface area contributed by atoms with E-state index >= 15 is 0 Å². The van der Waals surface area contributed by atoms with Crippen LogP contribution in [0, 0.1) is 18.6 Å². The van der Waals surface area contributed by atoms with Gasteiger partial charge in [-0.1, -0.05) is 17.7 Å². The highest BCUT2D eigenvalue weighted by atomic mass is 35.5. The standard InChI is InChI=1S/C23H17ClF2N4O2/c1-11-9-14-19-18(28-23(29-19)30-20-16(24)3-2-4-17(20)26)10-15(21(14)32-11)22(31)27-13-7-5-12(25)6-8-13/h2-10,23,28-30H,1H3,(H,27,31). The van der Waals surface area contributed by atoms with Crippen LogP contribution in [0.3, 0.4) is 0 Å². The van der Waals surface area contributed by atoms with Gasteiger partial charge in [0.05, 0.1) is 27.6 Å². The molecule has 0 saturated heterocycles. The second kappa shape index (κ2) is 7.72. The molecule has 3 aromatic carbocycles. The van der Waals surface area contributed by atoms with Crippen LogP contribution in [0.15, 0.2) is 59.0 Å². The van der Waals surface area contributed by atoms with Crippen LogP contribution in [-0.4, -0.2) is 12.2 Å². The molecule has 1 aromatic heterocycles. The molecule has 1 aliphatic heterocycles. The number of furan rings is 1. The van der Waals surface area contributed by atoms with Gasteiger partial charge in [-0.25, -0.2) is 8.78 Å². The van der Waals surface area contributed by atoms with Crippen molar-refractivity contribution in [1.29, 1.82) is 0 Å². The van der Waals surface area contributed by atoms with Gasteiger partial charge in [-0.2, -0.15) is 0 Å². The summed E-state index contributed by atoms with van der Waals surface area (Å²) in [6, 6.07) is 13.4. The van der Waals surface area contributed by atoms with Crippen LogP contribution in [-0.2, 0) is 0 Å². The van der Waals surface area contributed by atoms with Gasteiger partial charge in [-0.05, 0) is 55.5 Å². The van der Waals surface area contributed by atoms with Crippen LogP contribution < -0.4 is 21.3 Å². The Morgan fingerprint density at radius 2 is 1.88 bits per heavy atom. The lowest BCUT2D eigenvalue weighted by Crippen LogP contribution is -2.31. The van der Waals surface area contributed by atoms with E-state index in [4.69, 9.17) is 16.0 Å². The molecule has 6 nitrogen and oxygen atoms in total. The highest BCUT2D eigenvalue weighted by molar-refractivity contribution is 6.33. The Morgan fingerprint density at radius 1 is 1.09 bits per heavy atom. The second-order valence-electron chi connectivity index (χ2n) is 7.37. The van der Waals surface area contributed by atoms with Crippen molar-refractivity contribution < 1.29 is 18.0 Å². The number of carbonyl (C=O) groups is 1. The minimum Gasteiger partial charge on any atom is -0.460 e. The summed E-state index contributed by atoms with van der Waals surface area (Å²) in [6.45, 7) is 1.78. The number of benzene rings is 3.